The minimum Gasteiger partial charge on any atom is -0.497 e. The summed E-state index contributed by atoms with van der Waals surface area (Å²) in [6.45, 7) is 1.34. The molecule has 2 aliphatic rings. The van der Waals surface area contributed by atoms with E-state index < -0.39 is 11.8 Å². The third-order valence-electron chi connectivity index (χ3n) is 4.59. The van der Waals surface area contributed by atoms with Crippen LogP contribution < -0.4 is 20.7 Å². The summed E-state index contributed by atoms with van der Waals surface area (Å²) < 4.78 is 24.5. The van der Waals surface area contributed by atoms with E-state index in [0.29, 0.717) is 0 Å². The van der Waals surface area contributed by atoms with Gasteiger partial charge in [0.2, 0.25) is 0 Å². The topological polar surface area (TPSA) is 71.6 Å². The van der Waals surface area contributed by atoms with Gasteiger partial charge in [0, 0.05) is 19.1 Å². The Morgan fingerprint density at radius 1 is 1.38 bits per heavy atom. The Morgan fingerprint density at radius 3 is 2.75 bits per heavy atom. The highest BCUT2D eigenvalue weighted by Gasteiger charge is 2.38. The Bertz CT molecular complexity index is 563. The van der Waals surface area contributed by atoms with E-state index in [2.05, 4.69) is 16.0 Å². The van der Waals surface area contributed by atoms with Crippen LogP contribution in [-0.4, -0.2) is 57.2 Å². The maximum atomic E-state index is 13.9. The first-order valence-electron chi connectivity index (χ1n) is 8.28. The predicted octanol–water partition coefficient (Wildman–Crippen LogP) is 1.01. The monoisotopic (exact) mass is 337 g/mol. The molecule has 0 saturated carbocycles. The van der Waals surface area contributed by atoms with E-state index in [0.717, 1.165) is 30.7 Å². The molecule has 1 aromatic rings. The van der Waals surface area contributed by atoms with Gasteiger partial charge in [0.25, 0.3) is 0 Å². The zero-order chi connectivity index (χ0) is 17.0. The average Bonchev–Trinajstić information content (AvgIpc) is 2.98. The molecule has 1 aromatic carbocycles. The van der Waals surface area contributed by atoms with Gasteiger partial charge in [-0.2, -0.15) is 0 Å². The fraction of sp³-hybridized carbons (Fsp3) is 0.588. The average molecular weight is 337 g/mol. The van der Waals surface area contributed by atoms with Crippen LogP contribution in [0.3, 0.4) is 0 Å². The van der Waals surface area contributed by atoms with E-state index in [9.17, 15) is 9.18 Å². The van der Waals surface area contributed by atoms with Crippen molar-refractivity contribution in [2.45, 2.75) is 30.7 Å². The molecular weight excluding hydrogens is 313 g/mol. The van der Waals surface area contributed by atoms with Crippen molar-refractivity contribution < 1.29 is 18.7 Å². The van der Waals surface area contributed by atoms with Crippen molar-refractivity contribution in [1.82, 2.24) is 16.0 Å². The summed E-state index contributed by atoms with van der Waals surface area (Å²) in [7, 11) is 1.64. The molecule has 0 spiro atoms. The quantitative estimate of drug-likeness (QED) is 0.723. The van der Waals surface area contributed by atoms with Crippen LogP contribution in [0.15, 0.2) is 24.3 Å². The number of halogens is 1. The second kappa shape index (κ2) is 7.36. The molecule has 0 radical (unpaired) electrons. The Balaban J connectivity index is 1.48. The minimum atomic E-state index is -1.34. The van der Waals surface area contributed by atoms with Crippen molar-refractivity contribution >= 4 is 6.09 Å². The summed E-state index contributed by atoms with van der Waals surface area (Å²) in [5, 5.41) is 8.75. The summed E-state index contributed by atoms with van der Waals surface area (Å²) in [5.41, 5.74) is -0.192. The zero-order valence-electron chi connectivity index (χ0n) is 13.8. The molecule has 7 heteroatoms. The highest BCUT2D eigenvalue weighted by atomic mass is 19.1. The molecule has 2 heterocycles. The van der Waals surface area contributed by atoms with Gasteiger partial charge < -0.3 is 25.4 Å². The minimum absolute atomic E-state index is 0.0118. The van der Waals surface area contributed by atoms with Gasteiger partial charge in [-0.1, -0.05) is 12.1 Å². The molecule has 0 bridgehead atoms. The molecule has 2 aliphatic heterocycles. The van der Waals surface area contributed by atoms with Gasteiger partial charge in [-0.3, -0.25) is 0 Å². The van der Waals surface area contributed by atoms with Crippen LogP contribution in [0.2, 0.25) is 0 Å². The highest BCUT2D eigenvalue weighted by Crippen LogP contribution is 2.19. The van der Waals surface area contributed by atoms with Crippen molar-refractivity contribution in [2.24, 2.45) is 0 Å². The lowest BCUT2D eigenvalue weighted by atomic mass is 10.00. The smallest absolute Gasteiger partial charge is 0.407 e. The number of rotatable bonds is 6. The van der Waals surface area contributed by atoms with Crippen LogP contribution in [0.4, 0.5) is 9.18 Å². The molecule has 0 unspecified atom stereocenters. The van der Waals surface area contributed by atoms with Gasteiger partial charge in [-0.15, -0.1) is 0 Å². The molecule has 3 N–H and O–H groups in total. The second-order valence-corrected chi connectivity index (χ2v) is 6.45. The van der Waals surface area contributed by atoms with Gasteiger partial charge >= 0.3 is 6.09 Å². The van der Waals surface area contributed by atoms with Gasteiger partial charge in [-0.25, -0.2) is 9.18 Å². The van der Waals surface area contributed by atoms with Crippen LogP contribution in [0, 0.1) is 0 Å². The maximum absolute atomic E-state index is 13.9. The van der Waals surface area contributed by atoms with E-state index in [4.69, 9.17) is 9.47 Å². The molecule has 1 amide bonds. The third kappa shape index (κ3) is 4.15. The molecule has 3 rings (SSSR count). The number of methoxy groups -OCH3 is 1. The number of carbonyl (C=O) groups is 1. The molecule has 2 saturated heterocycles. The van der Waals surface area contributed by atoms with Crippen LogP contribution >= 0.6 is 0 Å². The van der Waals surface area contributed by atoms with Gasteiger partial charge in [0.15, 0.2) is 5.67 Å². The number of ether oxygens (including phenoxy) is 2. The first kappa shape index (κ1) is 17.0. The maximum Gasteiger partial charge on any atom is 0.407 e. The Morgan fingerprint density at radius 2 is 2.12 bits per heavy atom. The Labute approximate surface area is 141 Å². The summed E-state index contributed by atoms with van der Waals surface area (Å²) in [6, 6.07) is 7.91. The lowest BCUT2D eigenvalue weighted by molar-refractivity contribution is 0.0658. The molecule has 132 valence electrons. The zero-order valence-corrected chi connectivity index (χ0v) is 13.8. The van der Waals surface area contributed by atoms with E-state index in [-0.39, 0.29) is 31.8 Å². The molecule has 2 fully saturated rings. The number of alkyl carbamates (subject to hydrolysis) is 1. The lowest BCUT2D eigenvalue weighted by Crippen LogP contribution is -2.61. The van der Waals surface area contributed by atoms with Gasteiger partial charge in [0.1, 0.15) is 11.9 Å². The van der Waals surface area contributed by atoms with Gasteiger partial charge in [0.05, 0.1) is 13.7 Å². The standard InChI is InChI=1S/C17H24FN3O3/c1-23-13-4-2-12(3-5-13)8-14-15(6-7-20-14)24-16(22)21-11-17(18)9-19-10-17/h2-5,14-15,19-20H,6-11H2,1H3,(H,21,22)/t14-,15-/m1/s1. The SMILES string of the molecule is COc1ccc(C[C@H]2NCC[C@H]2OC(=O)NCC2(F)CNC2)cc1. The van der Waals surface area contributed by atoms with Crippen molar-refractivity contribution in [1.29, 1.82) is 0 Å². The Kier molecular flexibility index (Phi) is 5.20. The molecule has 6 nitrogen and oxygen atoms in total. The molecule has 24 heavy (non-hydrogen) atoms. The van der Waals surface area contributed by atoms with Gasteiger partial charge in [-0.05, 0) is 37.1 Å². The number of amides is 1. The van der Waals surface area contributed by atoms with Crippen LogP contribution in [0.25, 0.3) is 0 Å². The number of hydrogen-bond acceptors (Lipinski definition) is 5. The molecule has 2 atom stereocenters. The first-order chi connectivity index (χ1) is 11.6. The van der Waals surface area contributed by atoms with E-state index >= 15 is 0 Å². The summed E-state index contributed by atoms with van der Waals surface area (Å²) >= 11 is 0. The number of alkyl halides is 1. The largest absolute Gasteiger partial charge is 0.497 e. The molecule has 0 aromatic heterocycles. The summed E-state index contributed by atoms with van der Waals surface area (Å²) in [6.07, 6.45) is 0.768. The van der Waals surface area contributed by atoms with Crippen LogP contribution in [0.5, 0.6) is 5.75 Å². The predicted molar refractivity (Wildman–Crippen MR) is 88.1 cm³/mol. The third-order valence-corrected chi connectivity index (χ3v) is 4.59. The van der Waals surface area contributed by atoms with Crippen molar-refractivity contribution in [3.63, 3.8) is 0 Å². The fourth-order valence-electron chi connectivity index (χ4n) is 3.03. The number of carbonyl (C=O) groups excluding carboxylic acids is 1. The van der Waals surface area contributed by atoms with Crippen LogP contribution in [0.1, 0.15) is 12.0 Å². The van der Waals surface area contributed by atoms with Crippen molar-refractivity contribution in [3.05, 3.63) is 29.8 Å². The fourth-order valence-corrected chi connectivity index (χ4v) is 3.03. The van der Waals surface area contributed by atoms with E-state index in [1.165, 1.54) is 0 Å². The second-order valence-electron chi connectivity index (χ2n) is 6.45. The lowest BCUT2D eigenvalue weighted by Gasteiger charge is -2.34. The van der Waals surface area contributed by atoms with Crippen molar-refractivity contribution in [3.8, 4) is 5.75 Å². The molecule has 0 aliphatic carbocycles. The van der Waals surface area contributed by atoms with Crippen molar-refractivity contribution in [2.75, 3.05) is 33.3 Å². The number of benzene rings is 1. The number of hydrogen-bond donors (Lipinski definition) is 3. The Hall–Kier alpha value is -1.86. The highest BCUT2D eigenvalue weighted by molar-refractivity contribution is 5.67. The van der Waals surface area contributed by atoms with E-state index in [1.807, 2.05) is 24.3 Å². The normalized spacial score (nSPS) is 24.9. The summed E-state index contributed by atoms with van der Waals surface area (Å²) in [5.74, 6) is 0.816. The van der Waals surface area contributed by atoms with Crippen LogP contribution in [-0.2, 0) is 11.2 Å². The summed E-state index contributed by atoms with van der Waals surface area (Å²) in [4.78, 5) is 11.9. The number of nitrogens with one attached hydrogen (secondary N) is 3. The van der Waals surface area contributed by atoms with E-state index in [1.54, 1.807) is 7.11 Å². The molecular formula is C17H24FN3O3. The first-order valence-corrected chi connectivity index (χ1v) is 8.28.